The van der Waals surface area contributed by atoms with Gasteiger partial charge < -0.3 is 0 Å². The summed E-state index contributed by atoms with van der Waals surface area (Å²) < 4.78 is 0. The van der Waals surface area contributed by atoms with Crippen LogP contribution in [0.5, 0.6) is 0 Å². The third kappa shape index (κ3) is 5.80. The molecule has 0 radical (unpaired) electrons. The van der Waals surface area contributed by atoms with Gasteiger partial charge in [-0.15, -0.1) is 0 Å². The molecule has 14 atom stereocenters. The summed E-state index contributed by atoms with van der Waals surface area (Å²) in [7, 11) is -1.60. The van der Waals surface area contributed by atoms with Crippen LogP contribution in [0.15, 0.2) is 48.5 Å². The van der Waals surface area contributed by atoms with E-state index in [1.807, 2.05) is 0 Å². The van der Waals surface area contributed by atoms with Gasteiger partial charge in [-0.3, -0.25) is 0 Å². The van der Waals surface area contributed by atoms with Crippen molar-refractivity contribution in [3.63, 3.8) is 0 Å². The van der Waals surface area contributed by atoms with Gasteiger partial charge >= 0.3 is 0 Å². The predicted octanol–water partition coefficient (Wildman–Crippen LogP) is 13.8. The third-order valence-electron chi connectivity index (χ3n) is 17.0. The monoisotopic (exact) mass is 677 g/mol. The largest absolute Gasteiger partial charge is 0.0689 e. The average molecular weight is 677 g/mol. The molecule has 0 saturated heterocycles. The fraction of sp³-hybridized carbons (Fsp3) is 0.750. The van der Waals surface area contributed by atoms with Gasteiger partial charge in [0.15, 0.2) is 0 Å². The van der Waals surface area contributed by atoms with E-state index in [1.165, 1.54) is 62.5 Å². The fourth-order valence-corrected chi connectivity index (χ4v) is 22.2. The number of fused-ring (bicyclic) bond motifs is 4. The summed E-state index contributed by atoms with van der Waals surface area (Å²) in [5.74, 6) is 11.0. The van der Waals surface area contributed by atoms with Gasteiger partial charge in [0.05, 0.1) is 8.07 Å². The SMILES string of the molecule is CC1CC2C(CC3CCCC3C2c2ccc(C(C)(C)C)cc2)C1[Si](C)(C)C1C(C)CC2C1CC1CCCC1C2c1ccc(C(C)(C)C)cc1. The minimum atomic E-state index is -1.60. The van der Waals surface area contributed by atoms with E-state index in [9.17, 15) is 0 Å². The van der Waals surface area contributed by atoms with Crippen molar-refractivity contribution in [2.75, 3.05) is 0 Å². The zero-order valence-corrected chi connectivity index (χ0v) is 34.3. The van der Waals surface area contributed by atoms with Crippen LogP contribution < -0.4 is 0 Å². The molecule has 6 fully saturated rings. The molecule has 2 aromatic rings. The van der Waals surface area contributed by atoms with Crippen molar-refractivity contribution in [2.24, 2.45) is 59.2 Å². The third-order valence-corrected chi connectivity index (χ3v) is 22.4. The smallest absolute Gasteiger partial charge is 0.0546 e. The summed E-state index contributed by atoms with van der Waals surface area (Å²) in [6.45, 7) is 25.7. The molecule has 6 saturated carbocycles. The van der Waals surface area contributed by atoms with Crippen molar-refractivity contribution in [3.05, 3.63) is 70.8 Å². The summed E-state index contributed by atoms with van der Waals surface area (Å²) in [4.78, 5) is 0. The van der Waals surface area contributed by atoms with E-state index < -0.39 is 8.07 Å². The quantitative estimate of drug-likeness (QED) is 0.283. The Labute approximate surface area is 303 Å². The van der Waals surface area contributed by atoms with Gasteiger partial charge in [0.25, 0.3) is 0 Å². The number of rotatable bonds is 4. The Balaban J connectivity index is 1.11. The van der Waals surface area contributed by atoms with Crippen molar-refractivity contribution < 1.29 is 0 Å². The summed E-state index contributed by atoms with van der Waals surface area (Å²) >= 11 is 0. The lowest BCUT2D eigenvalue weighted by molar-refractivity contribution is 0.115. The molecule has 0 bridgehead atoms. The van der Waals surface area contributed by atoms with Crippen molar-refractivity contribution in [2.45, 2.75) is 166 Å². The van der Waals surface area contributed by atoms with Crippen LogP contribution >= 0.6 is 0 Å². The Morgan fingerprint density at radius 2 is 0.837 bits per heavy atom. The molecular weight excluding hydrogens is 605 g/mol. The highest BCUT2D eigenvalue weighted by Crippen LogP contribution is 2.71. The Hall–Kier alpha value is -1.34. The van der Waals surface area contributed by atoms with E-state index in [0.717, 1.165) is 82.1 Å². The highest BCUT2D eigenvalue weighted by Gasteiger charge is 2.63. The molecule has 8 rings (SSSR count). The second-order valence-corrected chi connectivity index (χ2v) is 26.9. The van der Waals surface area contributed by atoms with Gasteiger partial charge in [-0.05, 0) is 154 Å². The summed E-state index contributed by atoms with van der Waals surface area (Å²) in [6.07, 6.45) is 15.1. The first kappa shape index (κ1) is 34.7. The van der Waals surface area contributed by atoms with Crippen LogP contribution in [0.1, 0.15) is 154 Å². The van der Waals surface area contributed by atoms with Crippen LogP contribution in [-0.4, -0.2) is 8.07 Å². The van der Waals surface area contributed by atoms with Gasteiger partial charge in [0.1, 0.15) is 0 Å². The van der Waals surface area contributed by atoms with Crippen molar-refractivity contribution in [1.82, 2.24) is 0 Å². The molecule has 1 heteroatoms. The maximum atomic E-state index is 2.96. The Morgan fingerprint density at radius 3 is 1.18 bits per heavy atom. The minimum absolute atomic E-state index is 0.231. The fourth-order valence-electron chi connectivity index (χ4n) is 15.5. The van der Waals surface area contributed by atoms with Crippen LogP contribution in [-0.2, 0) is 10.8 Å². The normalized spacial score (nSPS) is 42.1. The highest BCUT2D eigenvalue weighted by molar-refractivity contribution is 6.80. The summed E-state index contributed by atoms with van der Waals surface area (Å²) in [5.41, 5.74) is 8.90. The first-order valence-corrected chi connectivity index (χ1v) is 24.5. The number of hydrogen-bond acceptors (Lipinski definition) is 0. The second kappa shape index (κ2) is 12.4. The maximum absolute atomic E-state index is 2.96. The predicted molar refractivity (Wildman–Crippen MR) is 213 cm³/mol. The molecule has 0 spiro atoms. The van der Waals surface area contributed by atoms with E-state index in [4.69, 9.17) is 0 Å². The average Bonchev–Trinajstić information content (AvgIpc) is 3.82. The van der Waals surface area contributed by atoms with Gasteiger partial charge in [-0.2, -0.15) is 0 Å². The van der Waals surface area contributed by atoms with Crippen LogP contribution in [0.3, 0.4) is 0 Å². The van der Waals surface area contributed by atoms with Crippen molar-refractivity contribution in [3.8, 4) is 0 Å². The van der Waals surface area contributed by atoms with E-state index in [1.54, 1.807) is 24.0 Å². The van der Waals surface area contributed by atoms with E-state index in [0.29, 0.717) is 0 Å². The summed E-state index contributed by atoms with van der Waals surface area (Å²) in [5, 5.41) is 0. The molecule has 0 N–H and O–H groups in total. The molecular formula is C48H72Si. The molecule has 0 aromatic heterocycles. The molecule has 268 valence electrons. The molecule has 0 nitrogen and oxygen atoms in total. The first-order chi connectivity index (χ1) is 23.1. The van der Waals surface area contributed by atoms with Crippen molar-refractivity contribution in [1.29, 1.82) is 0 Å². The van der Waals surface area contributed by atoms with Gasteiger partial charge in [-0.25, -0.2) is 0 Å². The molecule has 6 aliphatic rings. The lowest BCUT2D eigenvalue weighted by Gasteiger charge is -2.52. The Bertz CT molecular complexity index is 1360. The van der Waals surface area contributed by atoms with E-state index in [-0.39, 0.29) is 10.8 Å². The number of benzene rings is 2. The van der Waals surface area contributed by atoms with Crippen LogP contribution in [0.25, 0.3) is 0 Å². The molecule has 0 amide bonds. The van der Waals surface area contributed by atoms with E-state index >= 15 is 0 Å². The second-order valence-electron chi connectivity index (χ2n) is 21.9. The zero-order chi connectivity index (χ0) is 34.6. The molecule has 2 aromatic carbocycles. The van der Waals surface area contributed by atoms with Crippen LogP contribution in [0, 0.1) is 59.2 Å². The topological polar surface area (TPSA) is 0 Å². The zero-order valence-electron chi connectivity index (χ0n) is 33.3. The molecule has 49 heavy (non-hydrogen) atoms. The minimum Gasteiger partial charge on any atom is -0.0689 e. The number of hydrogen-bond donors (Lipinski definition) is 0. The maximum Gasteiger partial charge on any atom is 0.0546 e. The molecule has 0 heterocycles. The van der Waals surface area contributed by atoms with Gasteiger partial charge in [0.2, 0.25) is 0 Å². The van der Waals surface area contributed by atoms with E-state index in [2.05, 4.69) is 117 Å². The Kier molecular flexibility index (Phi) is 8.77. The lowest BCUT2D eigenvalue weighted by atomic mass is 9.61. The van der Waals surface area contributed by atoms with Crippen LogP contribution in [0.4, 0.5) is 0 Å². The Morgan fingerprint density at radius 1 is 0.469 bits per heavy atom. The standard InChI is InChI=1S/C48H72Si/c1-29-25-39-41(27-33-13-11-15-37(33)43(39)31-17-21-35(22-18-31)47(3,4)5)45(29)49(9,10)46-30(2)26-40-42(46)28-34-14-12-16-38(34)44(40)32-19-23-36(24-20-32)48(6,7)8/h17-24,29-30,33-34,37-46H,11-16,25-28H2,1-10H3. The van der Waals surface area contributed by atoms with Gasteiger partial charge in [-0.1, -0.05) is 143 Å². The van der Waals surface area contributed by atoms with Crippen LogP contribution in [0.2, 0.25) is 24.2 Å². The van der Waals surface area contributed by atoms with Gasteiger partial charge in [0, 0.05) is 0 Å². The molecule has 14 unspecified atom stereocenters. The first-order valence-electron chi connectivity index (χ1n) is 21.4. The van der Waals surface area contributed by atoms with Crippen molar-refractivity contribution >= 4 is 8.07 Å². The molecule has 0 aliphatic heterocycles. The highest BCUT2D eigenvalue weighted by atomic mass is 28.3. The molecule has 6 aliphatic carbocycles. The lowest BCUT2D eigenvalue weighted by Crippen LogP contribution is -2.49. The summed E-state index contributed by atoms with van der Waals surface area (Å²) in [6, 6.07) is 20.4.